The van der Waals surface area contributed by atoms with Crippen LogP contribution >= 0.6 is 0 Å². The number of rotatable bonds is 7. The third-order valence-electron chi connectivity index (χ3n) is 4.76. The summed E-state index contributed by atoms with van der Waals surface area (Å²) < 4.78 is 5.67. The number of amides is 2. The molecule has 1 saturated heterocycles. The Hall–Kier alpha value is -3.36. The van der Waals surface area contributed by atoms with Gasteiger partial charge in [0.25, 0.3) is 0 Å². The van der Waals surface area contributed by atoms with Crippen molar-refractivity contribution in [1.29, 1.82) is 0 Å². The Labute approximate surface area is 175 Å². The largest absolute Gasteiger partial charge is 0.477 e. The molecule has 0 bridgehead atoms. The summed E-state index contributed by atoms with van der Waals surface area (Å²) in [6.07, 6.45) is 0.246. The Kier molecular flexibility index (Phi) is 7.05. The zero-order chi connectivity index (χ0) is 21.5. The molecule has 0 spiro atoms. The highest BCUT2D eigenvalue weighted by Crippen LogP contribution is 2.21. The Morgan fingerprint density at radius 2 is 1.83 bits per heavy atom. The smallest absolute Gasteiger partial charge is 0.405 e. The number of piperazine rings is 1. The summed E-state index contributed by atoms with van der Waals surface area (Å²) in [6, 6.07) is 9.76. The molecule has 160 valence electrons. The lowest BCUT2D eigenvalue weighted by Crippen LogP contribution is -2.52. The second-order valence-corrected chi connectivity index (χ2v) is 7.52. The molecule has 1 aromatic heterocycles. The Bertz CT molecular complexity index is 853. The molecule has 2 heterocycles. The fraction of sp³-hybridized carbons (Fsp3) is 0.429. The topological polar surface area (TPSA) is 108 Å². The number of aromatic nitrogens is 2. The van der Waals surface area contributed by atoms with E-state index in [9.17, 15) is 14.7 Å². The molecule has 2 aromatic rings. The van der Waals surface area contributed by atoms with Crippen molar-refractivity contribution < 1.29 is 19.4 Å². The van der Waals surface area contributed by atoms with E-state index in [1.807, 2.05) is 6.07 Å². The van der Waals surface area contributed by atoms with Gasteiger partial charge in [-0.3, -0.25) is 4.79 Å². The van der Waals surface area contributed by atoms with Crippen molar-refractivity contribution in [3.05, 3.63) is 48.3 Å². The van der Waals surface area contributed by atoms with Crippen LogP contribution in [0, 0.1) is 5.92 Å². The van der Waals surface area contributed by atoms with Crippen LogP contribution in [0.15, 0.2) is 42.7 Å². The summed E-state index contributed by atoms with van der Waals surface area (Å²) >= 11 is 0. The van der Waals surface area contributed by atoms with E-state index in [0.717, 1.165) is 5.82 Å². The van der Waals surface area contributed by atoms with Crippen LogP contribution in [-0.2, 0) is 4.79 Å². The molecule has 0 aliphatic carbocycles. The predicted octanol–water partition coefficient (Wildman–Crippen LogP) is 2.17. The number of hydrogen-bond donors (Lipinski definition) is 2. The number of ether oxygens (including phenoxy) is 1. The summed E-state index contributed by atoms with van der Waals surface area (Å²) in [5.74, 6) is 1.42. The summed E-state index contributed by atoms with van der Waals surface area (Å²) in [5.41, 5.74) is 0.620. The number of benzene rings is 1. The first-order chi connectivity index (χ1) is 14.4. The van der Waals surface area contributed by atoms with Crippen LogP contribution < -0.4 is 15.0 Å². The zero-order valence-corrected chi connectivity index (χ0v) is 17.2. The number of carbonyl (C=O) groups is 2. The Balaban J connectivity index is 1.63. The monoisotopic (exact) mass is 413 g/mol. The van der Waals surface area contributed by atoms with Gasteiger partial charge in [0, 0.05) is 32.2 Å². The lowest BCUT2D eigenvalue weighted by atomic mass is 10.1. The second kappa shape index (κ2) is 9.91. The zero-order valence-electron chi connectivity index (χ0n) is 17.2. The number of carboxylic acid groups (broad SMARTS) is 1. The molecule has 1 aliphatic rings. The van der Waals surface area contributed by atoms with Crippen LogP contribution in [0.25, 0.3) is 0 Å². The molecule has 1 aliphatic heterocycles. The van der Waals surface area contributed by atoms with E-state index in [1.54, 1.807) is 35.2 Å². The van der Waals surface area contributed by atoms with E-state index in [-0.39, 0.29) is 5.91 Å². The highest BCUT2D eigenvalue weighted by Gasteiger charge is 2.30. The van der Waals surface area contributed by atoms with Crippen molar-refractivity contribution in [3.8, 4) is 5.88 Å². The quantitative estimate of drug-likeness (QED) is 0.716. The van der Waals surface area contributed by atoms with Gasteiger partial charge < -0.3 is 25.0 Å². The number of anilines is 1. The maximum absolute atomic E-state index is 13.0. The molecular weight excluding hydrogens is 386 g/mol. The van der Waals surface area contributed by atoms with Gasteiger partial charge in [-0.1, -0.05) is 44.2 Å². The second-order valence-electron chi connectivity index (χ2n) is 7.52. The highest BCUT2D eigenvalue weighted by atomic mass is 16.5. The van der Waals surface area contributed by atoms with E-state index in [4.69, 9.17) is 4.74 Å². The minimum atomic E-state index is -1.23. The summed E-state index contributed by atoms with van der Waals surface area (Å²) in [7, 11) is 0. The van der Waals surface area contributed by atoms with Crippen molar-refractivity contribution in [2.45, 2.75) is 19.9 Å². The fourth-order valence-electron chi connectivity index (χ4n) is 3.23. The van der Waals surface area contributed by atoms with E-state index in [0.29, 0.717) is 50.1 Å². The van der Waals surface area contributed by atoms with Gasteiger partial charge in [0.1, 0.15) is 18.2 Å². The lowest BCUT2D eigenvalue weighted by Gasteiger charge is -2.37. The van der Waals surface area contributed by atoms with Crippen LogP contribution in [0.5, 0.6) is 5.88 Å². The number of carbonyl (C=O) groups excluding carboxylic acids is 1. The van der Waals surface area contributed by atoms with Crippen molar-refractivity contribution in [2.24, 2.45) is 5.92 Å². The molecule has 0 saturated carbocycles. The standard InChI is InChI=1S/C21H27N5O4/c1-15(2)13-30-18-12-17(22-14-23-18)25-8-10-26(11-9-25)20(27)19(24-21(28)29)16-6-4-3-5-7-16/h3-7,12,14-15,19,24H,8-11,13H2,1-2H3,(H,28,29). The first-order valence-corrected chi connectivity index (χ1v) is 9.97. The lowest BCUT2D eigenvalue weighted by molar-refractivity contribution is -0.133. The summed E-state index contributed by atoms with van der Waals surface area (Å²) in [4.78, 5) is 36.5. The predicted molar refractivity (Wildman–Crippen MR) is 112 cm³/mol. The van der Waals surface area contributed by atoms with Gasteiger partial charge in [0.15, 0.2) is 0 Å². The maximum Gasteiger partial charge on any atom is 0.405 e. The Morgan fingerprint density at radius 1 is 1.13 bits per heavy atom. The van der Waals surface area contributed by atoms with E-state index in [2.05, 4.69) is 34.0 Å². The van der Waals surface area contributed by atoms with Crippen LogP contribution in [0.2, 0.25) is 0 Å². The Morgan fingerprint density at radius 3 is 2.47 bits per heavy atom. The van der Waals surface area contributed by atoms with Crippen LogP contribution in [0.3, 0.4) is 0 Å². The fourth-order valence-corrected chi connectivity index (χ4v) is 3.23. The average molecular weight is 413 g/mol. The van der Waals surface area contributed by atoms with Gasteiger partial charge in [-0.05, 0) is 11.5 Å². The molecule has 1 fully saturated rings. The first kappa shape index (κ1) is 21.4. The maximum atomic E-state index is 13.0. The van der Waals surface area contributed by atoms with Crippen molar-refractivity contribution in [2.75, 3.05) is 37.7 Å². The molecule has 1 aromatic carbocycles. The first-order valence-electron chi connectivity index (χ1n) is 9.97. The normalized spacial score (nSPS) is 15.0. The molecule has 0 radical (unpaired) electrons. The van der Waals surface area contributed by atoms with Gasteiger partial charge in [-0.25, -0.2) is 14.8 Å². The average Bonchev–Trinajstić information content (AvgIpc) is 2.76. The van der Waals surface area contributed by atoms with Gasteiger partial charge in [-0.15, -0.1) is 0 Å². The van der Waals surface area contributed by atoms with Gasteiger partial charge in [0.05, 0.1) is 6.61 Å². The van der Waals surface area contributed by atoms with E-state index in [1.165, 1.54) is 6.33 Å². The summed E-state index contributed by atoms with van der Waals surface area (Å²) in [5, 5.41) is 11.5. The van der Waals surface area contributed by atoms with E-state index >= 15 is 0 Å². The number of nitrogens with one attached hydrogen (secondary N) is 1. The minimum Gasteiger partial charge on any atom is -0.477 e. The molecule has 9 nitrogen and oxygen atoms in total. The van der Waals surface area contributed by atoms with Crippen LogP contribution in [0.4, 0.5) is 10.6 Å². The van der Waals surface area contributed by atoms with Gasteiger partial charge >= 0.3 is 6.09 Å². The molecule has 2 amide bonds. The van der Waals surface area contributed by atoms with Crippen LogP contribution in [-0.4, -0.2) is 64.8 Å². The molecular formula is C21H27N5O4. The number of hydrogen-bond acceptors (Lipinski definition) is 6. The molecule has 9 heteroatoms. The third-order valence-corrected chi connectivity index (χ3v) is 4.76. The molecule has 3 rings (SSSR count). The highest BCUT2D eigenvalue weighted by molar-refractivity contribution is 5.86. The molecule has 1 atom stereocenters. The van der Waals surface area contributed by atoms with Gasteiger partial charge in [0.2, 0.25) is 11.8 Å². The molecule has 30 heavy (non-hydrogen) atoms. The minimum absolute atomic E-state index is 0.258. The van der Waals surface area contributed by atoms with Crippen molar-refractivity contribution >= 4 is 17.8 Å². The SMILES string of the molecule is CC(C)COc1cc(N2CCN(C(=O)C(NC(=O)O)c3ccccc3)CC2)ncn1. The molecule has 2 N–H and O–H groups in total. The molecule has 1 unspecified atom stereocenters. The van der Waals surface area contributed by atoms with Crippen molar-refractivity contribution in [1.82, 2.24) is 20.2 Å². The third kappa shape index (κ3) is 5.59. The number of nitrogens with zero attached hydrogens (tertiary/aromatic N) is 4. The van der Waals surface area contributed by atoms with Crippen molar-refractivity contribution in [3.63, 3.8) is 0 Å². The summed E-state index contributed by atoms with van der Waals surface area (Å²) in [6.45, 7) is 6.82. The van der Waals surface area contributed by atoms with Gasteiger partial charge in [-0.2, -0.15) is 0 Å². The van der Waals surface area contributed by atoms with E-state index < -0.39 is 12.1 Å². The van der Waals surface area contributed by atoms with Crippen LogP contribution in [0.1, 0.15) is 25.5 Å².